The van der Waals surface area contributed by atoms with Gasteiger partial charge in [-0.25, -0.2) is 9.59 Å². The zero-order valence-corrected chi connectivity index (χ0v) is 24.5. The van der Waals surface area contributed by atoms with E-state index in [1.807, 2.05) is 26.8 Å². The van der Waals surface area contributed by atoms with Gasteiger partial charge in [0.05, 0.1) is 0 Å². The summed E-state index contributed by atoms with van der Waals surface area (Å²) >= 11 is 0. The van der Waals surface area contributed by atoms with Crippen LogP contribution in [0.15, 0.2) is 23.8 Å². The molecule has 214 valence electrons. The van der Waals surface area contributed by atoms with Crippen molar-refractivity contribution in [3.8, 4) is 0 Å². The molecule has 2 aliphatic heterocycles. The number of carbonyl (C=O) groups excluding carboxylic acids is 3. The quantitative estimate of drug-likeness (QED) is 0.395. The molecular formula is C32H44O7. The van der Waals surface area contributed by atoms with E-state index in [2.05, 4.69) is 19.9 Å². The average molecular weight is 541 g/mol. The van der Waals surface area contributed by atoms with Crippen LogP contribution in [0.25, 0.3) is 0 Å². The lowest BCUT2D eigenvalue weighted by atomic mass is 9.42. The molecule has 0 aromatic rings. The van der Waals surface area contributed by atoms with E-state index in [1.165, 1.54) is 6.92 Å². The normalized spacial score (nSPS) is 49.0. The van der Waals surface area contributed by atoms with Gasteiger partial charge in [-0.1, -0.05) is 26.0 Å². The topological polar surface area (TPSA) is 99.1 Å². The standard InChI is InChI=1S/C32H44O7/c1-18-8-11-23(38-26(18)35)30(7,36)22-12-14-28(5)21-10-9-20-27(3,4)39-25(34)13-15-31(20)17-32(21,31)16-24(29(22,28)6)37-19(2)33/h8,13,15,20-24,36H,9-12,14,16-17H2,1-7H3/t20-,21-,22-,23-,24-,28-,29-,30+,31+,32-/m0/s1. The molecule has 7 heteroatoms. The van der Waals surface area contributed by atoms with Crippen molar-refractivity contribution in [1.29, 1.82) is 0 Å². The number of fused-ring (bicyclic) bond motifs is 2. The Balaban J connectivity index is 1.44. The van der Waals surface area contributed by atoms with E-state index in [0.29, 0.717) is 24.3 Å². The maximum atomic E-state index is 12.6. The van der Waals surface area contributed by atoms with Gasteiger partial charge in [0.15, 0.2) is 0 Å². The number of esters is 3. The Bertz CT molecular complexity index is 1200. The molecule has 7 nitrogen and oxygen atoms in total. The van der Waals surface area contributed by atoms with Crippen molar-refractivity contribution >= 4 is 17.9 Å². The highest BCUT2D eigenvalue weighted by Gasteiger charge is 2.84. The van der Waals surface area contributed by atoms with Crippen LogP contribution < -0.4 is 0 Å². The molecule has 10 atom stereocenters. The smallest absolute Gasteiger partial charge is 0.333 e. The van der Waals surface area contributed by atoms with Gasteiger partial charge in [0.2, 0.25) is 0 Å². The third kappa shape index (κ3) is 3.28. The van der Waals surface area contributed by atoms with E-state index in [9.17, 15) is 19.5 Å². The van der Waals surface area contributed by atoms with Gasteiger partial charge in [0.1, 0.15) is 23.4 Å². The second-order valence-corrected chi connectivity index (χ2v) is 14.7. The number of carbonyl (C=O) groups is 3. The number of ether oxygens (including phenoxy) is 3. The van der Waals surface area contributed by atoms with Crippen LogP contribution in [0.2, 0.25) is 0 Å². The minimum Gasteiger partial charge on any atom is -0.462 e. The highest BCUT2D eigenvalue weighted by Crippen LogP contribution is 2.87. The third-order valence-corrected chi connectivity index (χ3v) is 12.9. The van der Waals surface area contributed by atoms with Crippen molar-refractivity contribution in [3.63, 3.8) is 0 Å². The number of allylic oxidation sites excluding steroid dienone is 1. The van der Waals surface area contributed by atoms with Crippen molar-refractivity contribution in [2.45, 2.75) is 117 Å². The molecule has 0 saturated heterocycles. The van der Waals surface area contributed by atoms with Gasteiger partial charge in [-0.2, -0.15) is 0 Å². The minimum absolute atomic E-state index is 0.0933. The Labute approximate surface area is 231 Å². The molecule has 4 fully saturated rings. The van der Waals surface area contributed by atoms with Crippen molar-refractivity contribution in [3.05, 3.63) is 23.8 Å². The van der Waals surface area contributed by atoms with Gasteiger partial charge in [0.25, 0.3) is 0 Å². The first-order valence-electron chi connectivity index (χ1n) is 14.7. The van der Waals surface area contributed by atoms with Gasteiger partial charge < -0.3 is 19.3 Å². The van der Waals surface area contributed by atoms with Crippen molar-refractivity contribution < 1.29 is 33.7 Å². The molecule has 0 bridgehead atoms. The van der Waals surface area contributed by atoms with E-state index >= 15 is 0 Å². The SMILES string of the molecule is CC(=O)O[C@H]1C[C@@]23C[C@@]24C=CC(=O)OC(C)(C)[C@@H]4CC[C@H]3[C@]2(C)CC[C@H]([C@@](C)(O)[C@@H]3CC=C(C)C(=O)O3)[C@@]12C. The molecule has 6 aliphatic rings. The summed E-state index contributed by atoms with van der Waals surface area (Å²) in [7, 11) is 0. The average Bonchev–Trinajstić information content (AvgIpc) is 3.42. The monoisotopic (exact) mass is 540 g/mol. The first-order valence-corrected chi connectivity index (χ1v) is 14.7. The van der Waals surface area contributed by atoms with Gasteiger partial charge in [-0.3, -0.25) is 4.79 Å². The maximum Gasteiger partial charge on any atom is 0.333 e. The van der Waals surface area contributed by atoms with Crippen LogP contribution in [-0.2, 0) is 28.6 Å². The Hall–Kier alpha value is -2.15. The molecule has 0 unspecified atom stereocenters. The van der Waals surface area contributed by atoms with Crippen LogP contribution in [0.5, 0.6) is 0 Å². The van der Waals surface area contributed by atoms with Crippen LogP contribution in [-0.4, -0.2) is 46.4 Å². The van der Waals surface area contributed by atoms with Crippen LogP contribution in [0.3, 0.4) is 0 Å². The second kappa shape index (κ2) is 7.98. The fourth-order valence-corrected chi connectivity index (χ4v) is 11.1. The predicted molar refractivity (Wildman–Crippen MR) is 143 cm³/mol. The molecule has 39 heavy (non-hydrogen) atoms. The predicted octanol–water partition coefficient (Wildman–Crippen LogP) is 5.05. The van der Waals surface area contributed by atoms with Crippen molar-refractivity contribution in [2.24, 2.45) is 39.4 Å². The lowest BCUT2D eigenvalue weighted by Crippen LogP contribution is -2.65. The zero-order chi connectivity index (χ0) is 28.4. The molecule has 0 aromatic carbocycles. The number of hydrogen-bond donors (Lipinski definition) is 1. The van der Waals surface area contributed by atoms with Crippen LogP contribution >= 0.6 is 0 Å². The molecule has 1 N–H and O–H groups in total. The van der Waals surface area contributed by atoms with Crippen LogP contribution in [0.4, 0.5) is 0 Å². The second-order valence-electron chi connectivity index (χ2n) is 14.7. The molecule has 4 saturated carbocycles. The molecular weight excluding hydrogens is 496 g/mol. The summed E-state index contributed by atoms with van der Waals surface area (Å²) in [6.07, 6.45) is 10.3. The van der Waals surface area contributed by atoms with E-state index in [1.54, 1.807) is 13.0 Å². The molecule has 0 radical (unpaired) electrons. The highest BCUT2D eigenvalue weighted by atomic mass is 16.6. The number of aliphatic hydroxyl groups is 1. The molecule has 6 rings (SSSR count). The summed E-state index contributed by atoms with van der Waals surface area (Å²) in [5, 5.41) is 12.2. The summed E-state index contributed by atoms with van der Waals surface area (Å²) in [5.41, 5.74) is -2.29. The Morgan fingerprint density at radius 1 is 1.13 bits per heavy atom. The van der Waals surface area contributed by atoms with E-state index in [0.717, 1.165) is 32.1 Å². The lowest BCUT2D eigenvalue weighted by molar-refractivity contribution is -0.234. The van der Waals surface area contributed by atoms with Crippen molar-refractivity contribution in [1.82, 2.24) is 0 Å². The summed E-state index contributed by atoms with van der Waals surface area (Å²) < 4.78 is 17.9. The Morgan fingerprint density at radius 3 is 2.49 bits per heavy atom. The minimum atomic E-state index is -1.29. The first kappa shape index (κ1) is 27.0. The first-order chi connectivity index (χ1) is 18.0. The molecule has 2 heterocycles. The van der Waals surface area contributed by atoms with Gasteiger partial charge in [-0.15, -0.1) is 0 Å². The van der Waals surface area contributed by atoms with E-state index < -0.39 is 28.8 Å². The Morgan fingerprint density at radius 2 is 1.82 bits per heavy atom. The summed E-state index contributed by atoms with van der Waals surface area (Å²) in [6, 6.07) is 0. The summed E-state index contributed by atoms with van der Waals surface area (Å²) in [4.78, 5) is 37.6. The van der Waals surface area contributed by atoms with Gasteiger partial charge in [-0.05, 0) is 83.0 Å². The van der Waals surface area contributed by atoms with Crippen LogP contribution in [0, 0.1) is 39.4 Å². The van der Waals surface area contributed by atoms with Gasteiger partial charge in [0, 0.05) is 47.7 Å². The number of rotatable bonds is 3. The number of hydrogen-bond acceptors (Lipinski definition) is 7. The highest BCUT2D eigenvalue weighted by molar-refractivity contribution is 5.88. The molecule has 2 spiro atoms. The molecule has 0 aromatic heterocycles. The zero-order valence-electron chi connectivity index (χ0n) is 24.5. The fourth-order valence-electron chi connectivity index (χ4n) is 11.1. The molecule has 0 amide bonds. The van der Waals surface area contributed by atoms with E-state index in [4.69, 9.17) is 14.2 Å². The largest absolute Gasteiger partial charge is 0.462 e. The fraction of sp³-hybridized carbons (Fsp3) is 0.781. The molecule has 4 aliphatic carbocycles. The van der Waals surface area contributed by atoms with Gasteiger partial charge >= 0.3 is 17.9 Å². The van der Waals surface area contributed by atoms with Crippen LogP contribution in [0.1, 0.15) is 93.4 Å². The number of cyclic esters (lactones) is 2. The third-order valence-electron chi connectivity index (χ3n) is 12.9. The lowest BCUT2D eigenvalue weighted by Gasteiger charge is -2.64. The summed E-state index contributed by atoms with van der Waals surface area (Å²) in [5.74, 6) is -0.651. The Kier molecular flexibility index (Phi) is 5.54. The summed E-state index contributed by atoms with van der Waals surface area (Å²) in [6.45, 7) is 13.7. The van der Waals surface area contributed by atoms with Crippen molar-refractivity contribution in [2.75, 3.05) is 0 Å². The van der Waals surface area contributed by atoms with E-state index in [-0.39, 0.29) is 46.0 Å². The maximum absolute atomic E-state index is 12.6.